The van der Waals surface area contributed by atoms with Crippen molar-refractivity contribution in [3.05, 3.63) is 0 Å². The summed E-state index contributed by atoms with van der Waals surface area (Å²) in [5.74, 6) is -0.607. The van der Waals surface area contributed by atoms with Gasteiger partial charge >= 0.3 is 43.3 Å². The molecule has 0 aromatic heterocycles. The molecule has 2 atom stereocenters. The number of rotatable bonds is 33. The van der Waals surface area contributed by atoms with Gasteiger partial charge in [-0.3, -0.25) is 13.8 Å². The Bertz CT molecular complexity index is 609. The molecular weight excluding hydrogens is 562 g/mol. The molecule has 0 aliphatic rings. The molecule has 248 valence electrons. The van der Waals surface area contributed by atoms with E-state index >= 15 is 0 Å². The van der Waals surface area contributed by atoms with Gasteiger partial charge in [0.25, 0.3) is 0 Å². The van der Waals surface area contributed by atoms with Crippen LogP contribution in [-0.2, 0) is 22.9 Å². The third kappa shape index (κ3) is 31.9. The van der Waals surface area contributed by atoms with Gasteiger partial charge in [0.1, 0.15) is 6.10 Å². The normalized spacial score (nSPS) is 13.4. The molecule has 0 spiro atoms. The van der Waals surface area contributed by atoms with Gasteiger partial charge < -0.3 is 14.7 Å². The van der Waals surface area contributed by atoms with Gasteiger partial charge in [0.05, 0.1) is 19.8 Å². The van der Waals surface area contributed by atoms with Crippen LogP contribution in [0.5, 0.6) is 0 Å². The minimum atomic E-state index is -4.13. The first-order chi connectivity index (χ1) is 20.0. The molecule has 0 radical (unpaired) electrons. The van der Waals surface area contributed by atoms with Gasteiger partial charge in [-0.1, -0.05) is 162 Å². The predicted octanol–water partition coefficient (Wildman–Crippen LogP) is 9.56. The molecule has 0 fully saturated rings. The summed E-state index contributed by atoms with van der Waals surface area (Å²) in [6, 6.07) is 0. The molecule has 2 unspecified atom stereocenters. The molecule has 0 saturated carbocycles. The van der Waals surface area contributed by atoms with Crippen LogP contribution in [0.1, 0.15) is 181 Å². The van der Waals surface area contributed by atoms with Crippen molar-refractivity contribution < 1.29 is 33.1 Å². The number of carbonyl (C=O) groups excluding carboxylic acids is 1. The topological polar surface area (TPSA) is 102 Å². The summed E-state index contributed by atoms with van der Waals surface area (Å²) in [5, 5.41) is 18.6. The number of aliphatic hydroxyl groups is 2. The first kappa shape index (κ1) is 44.7. The van der Waals surface area contributed by atoms with E-state index in [1.54, 1.807) is 0 Å². The van der Waals surface area contributed by atoms with Crippen LogP contribution in [0.25, 0.3) is 0 Å². The van der Waals surface area contributed by atoms with E-state index in [4.69, 9.17) is 18.7 Å². The molecule has 0 heterocycles. The van der Waals surface area contributed by atoms with Crippen molar-refractivity contribution in [1.82, 2.24) is 0 Å². The van der Waals surface area contributed by atoms with Crippen molar-refractivity contribution in [2.24, 2.45) is 0 Å². The second-order valence-electron chi connectivity index (χ2n) is 11.8. The van der Waals surface area contributed by atoms with E-state index in [1.807, 2.05) is 0 Å². The Hall–Kier alpha value is 0.540. The third-order valence-corrected chi connectivity index (χ3v) is 8.97. The Balaban J connectivity index is 0. The molecule has 0 amide bonds. The number of phosphoric acid groups is 1. The maximum absolute atomic E-state index is 13.0. The van der Waals surface area contributed by atoms with E-state index < -0.39 is 33.1 Å². The van der Waals surface area contributed by atoms with Crippen LogP contribution in [-0.4, -0.2) is 71.7 Å². The molecule has 0 saturated heterocycles. The Morgan fingerprint density at radius 1 is 0.595 bits per heavy atom. The monoisotopic (exact) mass is 630 g/mol. The summed E-state index contributed by atoms with van der Waals surface area (Å²) in [7, 11) is -4.13. The van der Waals surface area contributed by atoms with Crippen molar-refractivity contribution >= 4 is 43.3 Å². The number of carbonyl (C=O) groups is 1. The first-order valence-electron chi connectivity index (χ1n) is 17.4. The van der Waals surface area contributed by atoms with E-state index in [2.05, 4.69) is 13.8 Å². The Morgan fingerprint density at radius 2 is 0.952 bits per heavy atom. The zero-order valence-electron chi connectivity index (χ0n) is 27.0. The fourth-order valence-electron chi connectivity index (χ4n) is 4.90. The molecule has 0 rings (SSSR count). The summed E-state index contributed by atoms with van der Waals surface area (Å²) in [6.07, 6.45) is 29.3. The second-order valence-corrected chi connectivity index (χ2v) is 13.4. The molecule has 0 aromatic rings. The maximum atomic E-state index is 13.0. The van der Waals surface area contributed by atoms with E-state index in [9.17, 15) is 14.5 Å². The number of hydrogen-bond donors (Lipinski definition) is 2. The molecule has 0 aromatic carbocycles. The second kappa shape index (κ2) is 34.4. The zero-order chi connectivity index (χ0) is 30.3. The minimum absolute atomic E-state index is 0. The Labute approximate surface area is 281 Å². The van der Waals surface area contributed by atoms with Crippen molar-refractivity contribution in [2.45, 2.75) is 187 Å². The molecule has 0 aliphatic carbocycles. The molecule has 0 aliphatic heterocycles. The molecule has 7 nitrogen and oxygen atoms in total. The van der Waals surface area contributed by atoms with Gasteiger partial charge in [-0.25, -0.2) is 4.57 Å². The van der Waals surface area contributed by atoms with E-state index in [-0.39, 0.29) is 42.6 Å². The van der Waals surface area contributed by atoms with Crippen LogP contribution in [0.4, 0.5) is 0 Å². The fourth-order valence-corrected chi connectivity index (χ4v) is 6.12. The van der Waals surface area contributed by atoms with Crippen LogP contribution in [0.2, 0.25) is 0 Å². The Morgan fingerprint density at radius 3 is 1.33 bits per heavy atom. The van der Waals surface area contributed by atoms with Crippen LogP contribution in [0.15, 0.2) is 0 Å². The van der Waals surface area contributed by atoms with Gasteiger partial charge in [-0.2, -0.15) is 0 Å². The van der Waals surface area contributed by atoms with Gasteiger partial charge in [0.15, 0.2) is 0 Å². The van der Waals surface area contributed by atoms with Crippen molar-refractivity contribution in [1.29, 1.82) is 0 Å². The Kier molecular flexibility index (Phi) is 36.6. The van der Waals surface area contributed by atoms with Crippen LogP contribution >= 0.6 is 7.82 Å². The van der Waals surface area contributed by atoms with Crippen LogP contribution in [0, 0.1) is 0 Å². The first-order valence-corrected chi connectivity index (χ1v) is 18.8. The summed E-state index contributed by atoms with van der Waals surface area (Å²) in [6.45, 7) is 3.69. The molecule has 42 heavy (non-hydrogen) atoms. The summed E-state index contributed by atoms with van der Waals surface area (Å²) >= 11 is 0. The van der Waals surface area contributed by atoms with Gasteiger partial charge in [-0.05, 0) is 12.8 Å². The number of unbranched alkanes of at least 4 members (excludes halogenated alkanes) is 23. The van der Waals surface area contributed by atoms with Crippen molar-refractivity contribution in [3.8, 4) is 0 Å². The summed E-state index contributed by atoms with van der Waals surface area (Å²) < 4.78 is 28.7. The molecular formula is C33H68NaO7P. The van der Waals surface area contributed by atoms with Crippen molar-refractivity contribution in [2.75, 3.05) is 19.8 Å². The van der Waals surface area contributed by atoms with Crippen LogP contribution < -0.4 is 0 Å². The SMILES string of the molecule is CCCCCCCCCCCCCCCCCC(=O)OP(=O)(OCCCCCCCCCCCC)OCC(O)CO.[NaH]. The van der Waals surface area contributed by atoms with Crippen molar-refractivity contribution in [3.63, 3.8) is 0 Å². The van der Waals surface area contributed by atoms with E-state index in [0.717, 1.165) is 25.7 Å². The van der Waals surface area contributed by atoms with Gasteiger partial charge in [0.2, 0.25) is 0 Å². The molecule has 9 heteroatoms. The van der Waals surface area contributed by atoms with E-state index in [0.29, 0.717) is 12.8 Å². The van der Waals surface area contributed by atoms with E-state index in [1.165, 1.54) is 122 Å². The number of aliphatic hydroxyl groups excluding tert-OH is 2. The average molecular weight is 631 g/mol. The molecule has 0 bridgehead atoms. The van der Waals surface area contributed by atoms with Gasteiger partial charge in [-0.15, -0.1) is 0 Å². The standard InChI is InChI=1S/C33H67O7P.Na.H/c1-3-5-7-9-11-13-15-16-17-18-19-20-22-24-26-28-33(36)40-41(37,39-31-32(35)30-34)38-29-27-25-23-21-14-12-10-8-6-4-2;;/h32,34-35H,3-31H2,1-2H3;;. The summed E-state index contributed by atoms with van der Waals surface area (Å²) in [4.78, 5) is 12.3. The average Bonchev–Trinajstić information content (AvgIpc) is 2.96. The number of hydrogen-bond acceptors (Lipinski definition) is 7. The predicted molar refractivity (Wildman–Crippen MR) is 177 cm³/mol. The third-order valence-electron chi connectivity index (χ3n) is 7.58. The molecule has 2 N–H and O–H groups in total. The number of phosphoric ester groups is 1. The zero-order valence-corrected chi connectivity index (χ0v) is 27.9. The van der Waals surface area contributed by atoms with Crippen LogP contribution in [0.3, 0.4) is 0 Å². The fraction of sp³-hybridized carbons (Fsp3) is 0.970. The van der Waals surface area contributed by atoms with Gasteiger partial charge in [0, 0.05) is 6.42 Å². The summed E-state index contributed by atoms with van der Waals surface area (Å²) in [5.41, 5.74) is 0. The quantitative estimate of drug-likeness (QED) is 0.0423.